The highest BCUT2D eigenvalue weighted by atomic mass is 35.5. The number of carbonyl (C=O) groups is 1. The Kier molecular flexibility index (Phi) is 3.99. The zero-order chi connectivity index (χ0) is 15.9. The Bertz CT molecular complexity index is 747. The van der Waals surface area contributed by atoms with E-state index in [1.54, 1.807) is 12.1 Å². The normalized spacial score (nSPS) is 28.5. The summed E-state index contributed by atoms with van der Waals surface area (Å²) in [6, 6.07) is 4.65. The average Bonchev–Trinajstić information content (AvgIpc) is 3.09. The molecule has 1 N–H and O–H groups in total. The van der Waals surface area contributed by atoms with Gasteiger partial charge >= 0.3 is 0 Å². The fourth-order valence-corrected chi connectivity index (χ4v) is 4.25. The Morgan fingerprint density at radius 2 is 2.18 bits per heavy atom. The second kappa shape index (κ2) is 5.66. The van der Waals surface area contributed by atoms with Crippen molar-refractivity contribution in [2.24, 2.45) is 5.92 Å². The van der Waals surface area contributed by atoms with E-state index in [-0.39, 0.29) is 41.0 Å². The highest BCUT2D eigenvalue weighted by molar-refractivity contribution is 7.94. The Balaban J connectivity index is 1.52. The van der Waals surface area contributed by atoms with Gasteiger partial charge < -0.3 is 5.32 Å². The van der Waals surface area contributed by atoms with Crippen LogP contribution in [-0.4, -0.2) is 26.1 Å². The van der Waals surface area contributed by atoms with Crippen LogP contribution in [0.25, 0.3) is 0 Å². The first-order valence-corrected chi connectivity index (χ1v) is 9.09. The zero-order valence-electron chi connectivity index (χ0n) is 11.6. The first-order chi connectivity index (χ1) is 10.3. The van der Waals surface area contributed by atoms with Crippen LogP contribution in [-0.2, 0) is 14.6 Å². The summed E-state index contributed by atoms with van der Waals surface area (Å²) in [5, 5.41) is 4.12. The number of rotatable bonds is 4. The first-order valence-electron chi connectivity index (χ1n) is 6.99. The van der Waals surface area contributed by atoms with Crippen LogP contribution in [0, 0.1) is 11.7 Å². The summed E-state index contributed by atoms with van der Waals surface area (Å²) >= 11 is 5.64. The minimum absolute atomic E-state index is 0.00306. The third-order valence-corrected chi connectivity index (χ3v) is 5.73. The van der Waals surface area contributed by atoms with E-state index < -0.39 is 15.7 Å². The third kappa shape index (κ3) is 3.50. The van der Waals surface area contributed by atoms with Crippen molar-refractivity contribution in [2.45, 2.75) is 24.8 Å². The number of nitrogens with one attached hydrogen (secondary N) is 1. The standard InChI is InChI=1S/C15H15ClFNO3S/c16-12-2-1-10(6-13(12)17)11-7-14(11)18-15(19)5-9-3-4-22(20,21)8-9/h1-4,6,9,11,14H,5,7-8H2,(H,18,19)/t9?,11-,14+/m0/s1. The van der Waals surface area contributed by atoms with Gasteiger partial charge in [-0.2, -0.15) is 0 Å². The van der Waals surface area contributed by atoms with E-state index in [2.05, 4.69) is 5.32 Å². The van der Waals surface area contributed by atoms with E-state index in [1.807, 2.05) is 0 Å². The molecule has 1 saturated carbocycles. The largest absolute Gasteiger partial charge is 0.353 e. The lowest BCUT2D eigenvalue weighted by Crippen LogP contribution is -2.28. The summed E-state index contributed by atoms with van der Waals surface area (Å²) in [6.07, 6.45) is 2.48. The Morgan fingerprint density at radius 1 is 1.41 bits per heavy atom. The number of allylic oxidation sites excluding steroid dienone is 1. The number of halogens is 2. The lowest BCUT2D eigenvalue weighted by atomic mass is 10.1. The van der Waals surface area contributed by atoms with Crippen LogP contribution in [0.3, 0.4) is 0 Å². The molecule has 1 aromatic rings. The molecule has 1 aliphatic heterocycles. The molecule has 7 heteroatoms. The van der Waals surface area contributed by atoms with E-state index >= 15 is 0 Å². The Hall–Kier alpha value is -1.40. The molecule has 0 aromatic heterocycles. The lowest BCUT2D eigenvalue weighted by Gasteiger charge is -2.08. The second-order valence-electron chi connectivity index (χ2n) is 5.81. The molecule has 1 aliphatic carbocycles. The molecule has 3 rings (SSSR count). The van der Waals surface area contributed by atoms with Crippen molar-refractivity contribution in [2.75, 3.05) is 5.75 Å². The van der Waals surface area contributed by atoms with Crippen molar-refractivity contribution in [1.29, 1.82) is 0 Å². The molecule has 22 heavy (non-hydrogen) atoms. The Labute approximate surface area is 133 Å². The lowest BCUT2D eigenvalue weighted by molar-refractivity contribution is -0.121. The third-order valence-electron chi connectivity index (χ3n) is 3.96. The number of hydrogen-bond donors (Lipinski definition) is 1. The van der Waals surface area contributed by atoms with Gasteiger partial charge in [0.05, 0.1) is 10.8 Å². The van der Waals surface area contributed by atoms with E-state index in [1.165, 1.54) is 17.5 Å². The number of carbonyl (C=O) groups excluding carboxylic acids is 1. The van der Waals surface area contributed by atoms with Crippen molar-refractivity contribution in [3.63, 3.8) is 0 Å². The van der Waals surface area contributed by atoms with Crippen molar-refractivity contribution in [1.82, 2.24) is 5.32 Å². The van der Waals surface area contributed by atoms with Gasteiger partial charge in [0.1, 0.15) is 5.82 Å². The van der Waals surface area contributed by atoms with E-state index in [0.29, 0.717) is 0 Å². The minimum Gasteiger partial charge on any atom is -0.353 e. The molecule has 1 fully saturated rings. The minimum atomic E-state index is -3.13. The monoisotopic (exact) mass is 343 g/mol. The fourth-order valence-electron chi connectivity index (χ4n) is 2.74. The van der Waals surface area contributed by atoms with Crippen LogP contribution in [0.2, 0.25) is 5.02 Å². The highest BCUT2D eigenvalue weighted by Gasteiger charge is 2.40. The van der Waals surface area contributed by atoms with Gasteiger partial charge in [0.15, 0.2) is 9.84 Å². The molecule has 0 radical (unpaired) electrons. The predicted molar refractivity (Wildman–Crippen MR) is 81.7 cm³/mol. The maximum atomic E-state index is 13.4. The van der Waals surface area contributed by atoms with Gasteiger partial charge in [-0.3, -0.25) is 4.79 Å². The van der Waals surface area contributed by atoms with Crippen LogP contribution < -0.4 is 5.32 Å². The molecule has 0 bridgehead atoms. The van der Waals surface area contributed by atoms with Crippen molar-refractivity contribution < 1.29 is 17.6 Å². The number of sulfone groups is 1. The summed E-state index contributed by atoms with van der Waals surface area (Å²) in [6.45, 7) is 0. The number of amides is 1. The highest BCUT2D eigenvalue weighted by Crippen LogP contribution is 2.41. The van der Waals surface area contributed by atoms with Gasteiger partial charge in [-0.25, -0.2) is 12.8 Å². The molecular weight excluding hydrogens is 329 g/mol. The van der Waals surface area contributed by atoms with E-state index in [0.717, 1.165) is 12.0 Å². The SMILES string of the molecule is O=C(CC1C=CS(=O)(=O)C1)N[C@@H]1C[C@H]1c1ccc(Cl)c(F)c1. The van der Waals surface area contributed by atoms with Gasteiger partial charge in [0.25, 0.3) is 0 Å². The Morgan fingerprint density at radius 3 is 2.82 bits per heavy atom. The fraction of sp³-hybridized carbons (Fsp3) is 0.400. The molecule has 0 saturated heterocycles. The summed E-state index contributed by atoms with van der Waals surface area (Å²) < 4.78 is 36.0. The number of benzene rings is 1. The molecular formula is C15H15ClFNO3S. The predicted octanol–water partition coefficient (Wildman–Crippen LogP) is 2.40. The smallest absolute Gasteiger partial charge is 0.220 e. The van der Waals surface area contributed by atoms with Crippen molar-refractivity contribution in [3.05, 3.63) is 46.1 Å². The number of hydrogen-bond acceptors (Lipinski definition) is 3. The quantitative estimate of drug-likeness (QED) is 0.913. The average molecular weight is 344 g/mol. The first kappa shape index (κ1) is 15.5. The summed E-state index contributed by atoms with van der Waals surface area (Å²) in [5.74, 6) is -0.795. The molecule has 1 unspecified atom stereocenters. The molecule has 1 amide bonds. The van der Waals surface area contributed by atoms with Gasteiger partial charge in [0.2, 0.25) is 5.91 Å². The van der Waals surface area contributed by atoms with Crippen LogP contribution in [0.4, 0.5) is 4.39 Å². The van der Waals surface area contributed by atoms with Gasteiger partial charge in [-0.15, -0.1) is 0 Å². The van der Waals surface area contributed by atoms with E-state index in [9.17, 15) is 17.6 Å². The summed E-state index contributed by atoms with van der Waals surface area (Å²) in [7, 11) is -3.13. The van der Waals surface area contributed by atoms with Gasteiger partial charge in [-0.05, 0) is 24.1 Å². The van der Waals surface area contributed by atoms with Crippen molar-refractivity contribution in [3.8, 4) is 0 Å². The maximum absolute atomic E-state index is 13.4. The molecule has 1 heterocycles. The molecule has 1 aromatic carbocycles. The molecule has 4 nitrogen and oxygen atoms in total. The molecule has 3 atom stereocenters. The van der Waals surface area contributed by atoms with Gasteiger partial charge in [0, 0.05) is 29.7 Å². The molecule has 0 spiro atoms. The topological polar surface area (TPSA) is 63.2 Å². The summed E-state index contributed by atoms with van der Waals surface area (Å²) in [4.78, 5) is 11.9. The van der Waals surface area contributed by atoms with Crippen molar-refractivity contribution >= 4 is 27.3 Å². The van der Waals surface area contributed by atoms with E-state index in [4.69, 9.17) is 11.6 Å². The molecule has 118 valence electrons. The maximum Gasteiger partial charge on any atom is 0.220 e. The zero-order valence-corrected chi connectivity index (χ0v) is 13.2. The van der Waals surface area contributed by atoms with Crippen LogP contribution in [0.1, 0.15) is 24.3 Å². The van der Waals surface area contributed by atoms with Gasteiger partial charge in [-0.1, -0.05) is 23.7 Å². The second-order valence-corrected chi connectivity index (χ2v) is 8.15. The molecule has 2 aliphatic rings. The van der Waals surface area contributed by atoms with Crippen LogP contribution in [0.15, 0.2) is 29.7 Å². The van der Waals surface area contributed by atoms with Crippen LogP contribution in [0.5, 0.6) is 0 Å². The van der Waals surface area contributed by atoms with Crippen LogP contribution >= 0.6 is 11.6 Å². The summed E-state index contributed by atoms with van der Waals surface area (Å²) in [5.41, 5.74) is 0.815.